The van der Waals surface area contributed by atoms with Crippen LogP contribution in [0.2, 0.25) is 0 Å². The van der Waals surface area contributed by atoms with Crippen molar-refractivity contribution in [3.63, 3.8) is 0 Å². The maximum Gasteiger partial charge on any atom is 0.236 e. The molecule has 6 heteroatoms. The first-order valence-corrected chi connectivity index (χ1v) is 6.56. The largest absolute Gasteiger partial charge is 0.366 e. The average molecular weight is 279 g/mol. The molecule has 1 fully saturated rings. The fourth-order valence-corrected chi connectivity index (χ4v) is 2.31. The van der Waals surface area contributed by atoms with Gasteiger partial charge in [-0.15, -0.1) is 0 Å². The molecule has 0 saturated carbocycles. The van der Waals surface area contributed by atoms with Crippen molar-refractivity contribution >= 4 is 17.4 Å². The number of nitrogens with zero attached hydrogens (tertiary/aromatic N) is 2. The highest BCUT2D eigenvalue weighted by atomic mass is 19.1. The predicted octanol–water partition coefficient (Wildman–Crippen LogP) is 0.636. The van der Waals surface area contributed by atoms with Crippen LogP contribution < -0.4 is 10.6 Å². The molecule has 1 aliphatic rings. The topological polar surface area (TPSA) is 66.6 Å². The van der Waals surface area contributed by atoms with Crippen molar-refractivity contribution in [2.75, 3.05) is 37.6 Å². The first-order valence-electron chi connectivity index (χ1n) is 6.56. The zero-order valence-corrected chi connectivity index (χ0v) is 11.4. The number of amides is 1. The molecule has 0 atom stereocenters. The van der Waals surface area contributed by atoms with E-state index in [1.165, 1.54) is 13.0 Å². The Morgan fingerprint density at radius 1 is 1.25 bits per heavy atom. The molecule has 5 nitrogen and oxygen atoms in total. The van der Waals surface area contributed by atoms with E-state index in [4.69, 9.17) is 5.73 Å². The lowest BCUT2D eigenvalue weighted by Gasteiger charge is -2.36. The van der Waals surface area contributed by atoms with Crippen LogP contribution >= 0.6 is 0 Å². The lowest BCUT2D eigenvalue weighted by atomic mass is 10.1. The van der Waals surface area contributed by atoms with Crippen molar-refractivity contribution in [3.8, 4) is 0 Å². The molecule has 0 bridgehead atoms. The van der Waals surface area contributed by atoms with Gasteiger partial charge < -0.3 is 15.5 Å². The van der Waals surface area contributed by atoms with Gasteiger partial charge in [-0.1, -0.05) is 0 Å². The summed E-state index contributed by atoms with van der Waals surface area (Å²) in [5, 5.41) is 0. The summed E-state index contributed by atoms with van der Waals surface area (Å²) in [6.07, 6.45) is 0. The number of Topliss-reactive ketones (excluding diaryl/α,β-unsaturated/α-hetero) is 1. The number of carbonyl (C=O) groups excluding carboxylic acids is 2. The van der Waals surface area contributed by atoms with Crippen molar-refractivity contribution in [3.05, 3.63) is 29.6 Å². The van der Waals surface area contributed by atoms with E-state index in [1.54, 1.807) is 17.0 Å². The molecule has 20 heavy (non-hydrogen) atoms. The van der Waals surface area contributed by atoms with Gasteiger partial charge in [0.15, 0.2) is 5.78 Å². The second kappa shape index (κ2) is 6.00. The number of halogens is 1. The zero-order valence-electron chi connectivity index (χ0n) is 11.4. The first kappa shape index (κ1) is 14.5. The van der Waals surface area contributed by atoms with Gasteiger partial charge in [0.05, 0.1) is 12.2 Å². The second-order valence-corrected chi connectivity index (χ2v) is 4.79. The van der Waals surface area contributed by atoms with Crippen molar-refractivity contribution in [1.82, 2.24) is 4.90 Å². The third-order valence-corrected chi connectivity index (χ3v) is 3.50. The minimum atomic E-state index is -0.406. The van der Waals surface area contributed by atoms with Crippen LogP contribution in [0.1, 0.15) is 17.3 Å². The lowest BCUT2D eigenvalue weighted by molar-refractivity contribution is -0.129. The number of nitrogens with two attached hydrogens (primary N) is 1. The lowest BCUT2D eigenvalue weighted by Crippen LogP contribution is -2.50. The maximum absolute atomic E-state index is 14.0. The van der Waals surface area contributed by atoms with Gasteiger partial charge in [-0.2, -0.15) is 0 Å². The maximum atomic E-state index is 14.0. The summed E-state index contributed by atoms with van der Waals surface area (Å²) in [5.74, 6) is -0.651. The molecule has 108 valence electrons. The Morgan fingerprint density at radius 2 is 1.90 bits per heavy atom. The van der Waals surface area contributed by atoms with Gasteiger partial charge in [0.1, 0.15) is 5.82 Å². The van der Waals surface area contributed by atoms with E-state index >= 15 is 0 Å². The van der Waals surface area contributed by atoms with E-state index < -0.39 is 5.82 Å². The first-order chi connectivity index (χ1) is 9.52. The number of anilines is 1. The van der Waals surface area contributed by atoms with E-state index in [0.29, 0.717) is 37.4 Å². The highest BCUT2D eigenvalue weighted by Crippen LogP contribution is 2.22. The fourth-order valence-electron chi connectivity index (χ4n) is 2.31. The molecule has 0 radical (unpaired) electrons. The van der Waals surface area contributed by atoms with Crippen LogP contribution in [-0.2, 0) is 4.79 Å². The number of hydrogen-bond donors (Lipinski definition) is 1. The molecule has 0 aliphatic carbocycles. The van der Waals surface area contributed by atoms with Gasteiger partial charge >= 0.3 is 0 Å². The SMILES string of the molecule is CC(=O)c1ccc(N2CCN(C(=O)CN)CC2)c(F)c1. The Bertz CT molecular complexity index is 525. The average Bonchev–Trinajstić information content (AvgIpc) is 2.46. The highest BCUT2D eigenvalue weighted by Gasteiger charge is 2.22. The number of rotatable bonds is 3. The summed E-state index contributed by atoms with van der Waals surface area (Å²) >= 11 is 0. The predicted molar refractivity (Wildman–Crippen MR) is 74.3 cm³/mol. The molecule has 0 aromatic heterocycles. The summed E-state index contributed by atoms with van der Waals surface area (Å²) in [6, 6.07) is 4.50. The van der Waals surface area contributed by atoms with Crippen molar-refractivity contribution < 1.29 is 14.0 Å². The van der Waals surface area contributed by atoms with Gasteiger partial charge in [-0.05, 0) is 25.1 Å². The summed E-state index contributed by atoms with van der Waals surface area (Å²) < 4.78 is 14.0. The third kappa shape index (κ3) is 2.96. The van der Waals surface area contributed by atoms with E-state index in [2.05, 4.69) is 0 Å². The van der Waals surface area contributed by atoms with Gasteiger partial charge in [-0.25, -0.2) is 4.39 Å². The Hall–Kier alpha value is -1.95. The number of benzene rings is 1. The van der Waals surface area contributed by atoms with Crippen molar-refractivity contribution in [1.29, 1.82) is 0 Å². The molecule has 2 rings (SSSR count). The zero-order chi connectivity index (χ0) is 14.7. The van der Waals surface area contributed by atoms with Crippen LogP contribution in [-0.4, -0.2) is 49.3 Å². The Labute approximate surface area is 117 Å². The second-order valence-electron chi connectivity index (χ2n) is 4.79. The summed E-state index contributed by atoms with van der Waals surface area (Å²) in [5.41, 5.74) is 6.15. The monoisotopic (exact) mass is 279 g/mol. The molecule has 1 amide bonds. The molecular formula is C14H18FN3O2. The molecule has 1 aliphatic heterocycles. The third-order valence-electron chi connectivity index (χ3n) is 3.50. The van der Waals surface area contributed by atoms with Gasteiger partial charge in [0, 0.05) is 31.7 Å². The summed E-state index contributed by atoms with van der Waals surface area (Å²) in [6.45, 7) is 3.59. The Kier molecular flexibility index (Phi) is 4.34. The normalized spacial score (nSPS) is 15.3. The van der Waals surface area contributed by atoms with Crippen LogP contribution in [0, 0.1) is 5.82 Å². The van der Waals surface area contributed by atoms with Crippen molar-refractivity contribution in [2.24, 2.45) is 5.73 Å². The van der Waals surface area contributed by atoms with Crippen molar-refractivity contribution in [2.45, 2.75) is 6.92 Å². The fraction of sp³-hybridized carbons (Fsp3) is 0.429. The molecule has 1 aromatic carbocycles. The Morgan fingerprint density at radius 3 is 2.40 bits per heavy atom. The number of hydrogen-bond acceptors (Lipinski definition) is 4. The smallest absolute Gasteiger partial charge is 0.236 e. The van der Waals surface area contributed by atoms with E-state index in [0.717, 1.165) is 0 Å². The molecule has 2 N–H and O–H groups in total. The van der Waals surface area contributed by atoms with E-state index in [9.17, 15) is 14.0 Å². The molecule has 0 spiro atoms. The molecule has 1 saturated heterocycles. The van der Waals surface area contributed by atoms with Crippen LogP contribution in [0.4, 0.5) is 10.1 Å². The van der Waals surface area contributed by atoms with Gasteiger partial charge in [0.2, 0.25) is 5.91 Å². The molecule has 1 aromatic rings. The van der Waals surface area contributed by atoms with Crippen LogP contribution in [0.3, 0.4) is 0 Å². The van der Waals surface area contributed by atoms with Gasteiger partial charge in [-0.3, -0.25) is 9.59 Å². The van der Waals surface area contributed by atoms with E-state index in [-0.39, 0.29) is 18.2 Å². The number of ketones is 1. The quantitative estimate of drug-likeness (QED) is 0.824. The number of carbonyl (C=O) groups is 2. The molecular weight excluding hydrogens is 261 g/mol. The highest BCUT2D eigenvalue weighted by molar-refractivity contribution is 5.94. The van der Waals surface area contributed by atoms with Crippen LogP contribution in [0.5, 0.6) is 0 Å². The molecule has 0 unspecified atom stereocenters. The minimum absolute atomic E-state index is 0.00166. The van der Waals surface area contributed by atoms with Crippen LogP contribution in [0.15, 0.2) is 18.2 Å². The minimum Gasteiger partial charge on any atom is -0.366 e. The Balaban J connectivity index is 2.07. The van der Waals surface area contributed by atoms with Crippen LogP contribution in [0.25, 0.3) is 0 Å². The summed E-state index contributed by atoms with van der Waals surface area (Å²) in [4.78, 5) is 26.2. The standard InChI is InChI=1S/C14H18FN3O2/c1-10(19)11-2-3-13(12(15)8-11)17-4-6-18(7-5-17)14(20)9-16/h2-3,8H,4-7,9,16H2,1H3. The molecule has 1 heterocycles. The number of piperazine rings is 1. The van der Waals surface area contributed by atoms with Gasteiger partial charge in [0.25, 0.3) is 0 Å². The van der Waals surface area contributed by atoms with E-state index in [1.807, 2.05) is 4.90 Å². The summed E-state index contributed by atoms with van der Waals surface area (Å²) in [7, 11) is 0.